The van der Waals surface area contributed by atoms with Crippen molar-refractivity contribution in [3.8, 4) is 0 Å². The van der Waals surface area contributed by atoms with E-state index in [9.17, 15) is 19.8 Å². The Morgan fingerprint density at radius 3 is 0.895 bits per heavy atom. The Morgan fingerprint density at radius 2 is 0.605 bits per heavy atom. The fourth-order valence-electron chi connectivity index (χ4n) is 11.2. The third-order valence-corrected chi connectivity index (χ3v) is 16.6. The molecule has 3 N–H and O–H groups in total. The van der Waals surface area contributed by atoms with Gasteiger partial charge in [-0.1, -0.05) is 366 Å². The van der Waals surface area contributed by atoms with Gasteiger partial charge < -0.3 is 20.3 Å². The lowest BCUT2D eigenvalue weighted by Crippen LogP contribution is -2.45. The van der Waals surface area contributed by atoms with E-state index in [1.54, 1.807) is 6.08 Å². The minimum Gasteiger partial charge on any atom is -0.466 e. The molecular weight excluding hydrogens is 935 g/mol. The molecule has 0 heterocycles. The highest BCUT2D eigenvalue weighted by molar-refractivity contribution is 5.76. The third kappa shape index (κ3) is 61.8. The van der Waals surface area contributed by atoms with Crippen molar-refractivity contribution in [2.75, 3.05) is 13.2 Å². The van der Waals surface area contributed by atoms with Crippen molar-refractivity contribution in [3.05, 3.63) is 12.2 Å². The quantitative estimate of drug-likeness (QED) is 0.0320. The average molecular weight is 1070 g/mol. The number of carbonyl (C=O) groups excluding carboxylic acids is 2. The van der Waals surface area contributed by atoms with Crippen LogP contribution in [-0.2, 0) is 14.3 Å². The zero-order valence-electron chi connectivity index (χ0n) is 51.8. The Bertz CT molecular complexity index is 1140. The molecule has 1 amide bonds. The van der Waals surface area contributed by atoms with Gasteiger partial charge in [0.1, 0.15) is 0 Å². The van der Waals surface area contributed by atoms with Crippen LogP contribution in [0.3, 0.4) is 0 Å². The number of hydrogen-bond donors (Lipinski definition) is 3. The third-order valence-electron chi connectivity index (χ3n) is 16.6. The van der Waals surface area contributed by atoms with E-state index in [0.717, 1.165) is 38.5 Å². The van der Waals surface area contributed by atoms with Crippen LogP contribution in [0.2, 0.25) is 0 Å². The second kappa shape index (κ2) is 66.1. The highest BCUT2D eigenvalue weighted by Crippen LogP contribution is 2.19. The molecule has 0 fully saturated rings. The fraction of sp³-hybridized carbons (Fsp3) is 0.943. The first-order valence-corrected chi connectivity index (χ1v) is 35.0. The molecule has 0 aliphatic rings. The molecule has 0 aromatic rings. The molecule has 0 bridgehead atoms. The molecule has 6 nitrogen and oxygen atoms in total. The molecule has 0 radical (unpaired) electrons. The first kappa shape index (κ1) is 74.6. The Hall–Kier alpha value is -1.40. The van der Waals surface area contributed by atoms with E-state index in [1.165, 1.54) is 334 Å². The van der Waals surface area contributed by atoms with Crippen molar-refractivity contribution in [2.45, 2.75) is 411 Å². The number of unbranched alkanes of at least 4 members (excludes halogenated alkanes) is 55. The highest BCUT2D eigenvalue weighted by atomic mass is 16.5. The van der Waals surface area contributed by atoms with Gasteiger partial charge in [-0.3, -0.25) is 9.59 Å². The molecule has 2 unspecified atom stereocenters. The minimum atomic E-state index is -0.839. The maximum Gasteiger partial charge on any atom is 0.305 e. The Balaban J connectivity index is 3.29. The zero-order valence-corrected chi connectivity index (χ0v) is 51.8. The van der Waals surface area contributed by atoms with Gasteiger partial charge in [0.2, 0.25) is 5.91 Å². The molecule has 6 heteroatoms. The fourth-order valence-corrected chi connectivity index (χ4v) is 11.2. The van der Waals surface area contributed by atoms with Crippen LogP contribution in [0.15, 0.2) is 12.2 Å². The summed E-state index contributed by atoms with van der Waals surface area (Å²) in [7, 11) is 0. The first-order valence-electron chi connectivity index (χ1n) is 35.0. The van der Waals surface area contributed by atoms with Gasteiger partial charge in [-0.2, -0.15) is 0 Å². The number of aliphatic hydroxyl groups is 2. The van der Waals surface area contributed by atoms with Crippen LogP contribution in [0.5, 0.6) is 0 Å². The van der Waals surface area contributed by atoms with E-state index in [-0.39, 0.29) is 18.5 Å². The van der Waals surface area contributed by atoms with Crippen molar-refractivity contribution in [1.29, 1.82) is 0 Å². The molecule has 0 saturated carbocycles. The summed E-state index contributed by atoms with van der Waals surface area (Å²) in [6.07, 6.45) is 81.7. The topological polar surface area (TPSA) is 95.9 Å². The number of amides is 1. The number of ether oxygens (including phenoxy) is 1. The standard InChI is InChI=1S/C70H137NO5/c1-3-5-7-9-11-13-15-16-36-40-44-48-52-56-60-64-70(75)76-65-61-57-53-49-45-41-38-35-33-31-29-27-25-23-21-19-17-18-20-22-24-26-28-30-32-34-37-39-43-47-51-55-59-63-69(74)71-67(66-72)68(73)62-58-54-50-46-42-14-12-10-8-6-4-2/h58,62,67-68,72-73H,3-57,59-61,63-66H2,1-2H3,(H,71,74)/b62-58+. The van der Waals surface area contributed by atoms with Crippen molar-refractivity contribution in [3.63, 3.8) is 0 Å². The van der Waals surface area contributed by atoms with Crippen LogP contribution in [0, 0.1) is 0 Å². The summed E-state index contributed by atoms with van der Waals surface area (Å²) in [5.74, 6) is -0.0373. The second-order valence-electron chi connectivity index (χ2n) is 24.2. The number of nitrogens with one attached hydrogen (secondary N) is 1. The number of allylic oxidation sites excluding steroid dienone is 1. The predicted molar refractivity (Wildman–Crippen MR) is 333 cm³/mol. The van der Waals surface area contributed by atoms with Gasteiger partial charge in [0.05, 0.1) is 25.4 Å². The van der Waals surface area contributed by atoms with Crippen LogP contribution in [0.4, 0.5) is 0 Å². The van der Waals surface area contributed by atoms with Crippen LogP contribution in [0.1, 0.15) is 399 Å². The van der Waals surface area contributed by atoms with Crippen LogP contribution >= 0.6 is 0 Å². The van der Waals surface area contributed by atoms with E-state index in [0.29, 0.717) is 19.4 Å². The molecule has 0 aliphatic heterocycles. The summed E-state index contributed by atoms with van der Waals surface area (Å²) in [5, 5.41) is 23.1. The van der Waals surface area contributed by atoms with Gasteiger partial charge in [-0.15, -0.1) is 0 Å². The summed E-state index contributed by atoms with van der Waals surface area (Å²) in [4.78, 5) is 24.5. The Morgan fingerprint density at radius 1 is 0.355 bits per heavy atom. The summed E-state index contributed by atoms with van der Waals surface area (Å²) in [6.45, 7) is 4.93. The number of esters is 1. The van der Waals surface area contributed by atoms with Crippen molar-refractivity contribution >= 4 is 11.9 Å². The largest absolute Gasteiger partial charge is 0.466 e. The van der Waals surface area contributed by atoms with Gasteiger partial charge in [0.15, 0.2) is 0 Å². The van der Waals surface area contributed by atoms with E-state index < -0.39 is 12.1 Å². The summed E-state index contributed by atoms with van der Waals surface area (Å²) < 4.78 is 5.50. The maximum atomic E-state index is 12.4. The smallest absolute Gasteiger partial charge is 0.305 e. The van der Waals surface area contributed by atoms with E-state index >= 15 is 0 Å². The maximum absolute atomic E-state index is 12.4. The SMILES string of the molecule is CCCCCCCCCCC/C=C/C(O)C(CO)NC(=O)CCCCCCCCCCCCCCCCCCCCCCCCCCCCCCCCCCCOC(=O)CCCCCCCCCCCCCCCCC. The van der Waals surface area contributed by atoms with Gasteiger partial charge in [0.25, 0.3) is 0 Å². The number of hydrogen-bond acceptors (Lipinski definition) is 5. The van der Waals surface area contributed by atoms with Crippen molar-refractivity contribution in [1.82, 2.24) is 5.32 Å². The lowest BCUT2D eigenvalue weighted by molar-refractivity contribution is -0.143. The molecule has 0 aromatic carbocycles. The Kier molecular flexibility index (Phi) is 64.9. The van der Waals surface area contributed by atoms with Crippen LogP contribution in [0.25, 0.3) is 0 Å². The molecule has 452 valence electrons. The van der Waals surface area contributed by atoms with E-state index in [2.05, 4.69) is 19.2 Å². The molecule has 2 atom stereocenters. The lowest BCUT2D eigenvalue weighted by Gasteiger charge is -2.20. The second-order valence-corrected chi connectivity index (χ2v) is 24.2. The predicted octanol–water partition coefficient (Wildman–Crippen LogP) is 22.4. The highest BCUT2D eigenvalue weighted by Gasteiger charge is 2.18. The van der Waals surface area contributed by atoms with E-state index in [1.807, 2.05) is 6.08 Å². The summed E-state index contributed by atoms with van der Waals surface area (Å²) in [6, 6.07) is -0.622. The number of carbonyl (C=O) groups is 2. The number of aliphatic hydroxyl groups excluding tert-OH is 2. The normalized spacial score (nSPS) is 12.5. The minimum absolute atomic E-state index is 0.0251. The molecule has 76 heavy (non-hydrogen) atoms. The van der Waals surface area contributed by atoms with Crippen molar-refractivity contribution < 1.29 is 24.5 Å². The lowest BCUT2D eigenvalue weighted by atomic mass is 10.0. The average Bonchev–Trinajstić information content (AvgIpc) is 3.42. The molecule has 0 aliphatic carbocycles. The molecule has 0 spiro atoms. The summed E-state index contributed by atoms with van der Waals surface area (Å²) >= 11 is 0. The van der Waals surface area contributed by atoms with Gasteiger partial charge in [-0.05, 0) is 32.1 Å². The molecule has 0 saturated heterocycles. The Labute approximate surface area is 476 Å². The molecule has 0 aromatic heterocycles. The van der Waals surface area contributed by atoms with E-state index in [4.69, 9.17) is 4.74 Å². The number of rotatable bonds is 66. The molecule has 0 rings (SSSR count). The van der Waals surface area contributed by atoms with Crippen molar-refractivity contribution in [2.24, 2.45) is 0 Å². The van der Waals surface area contributed by atoms with Gasteiger partial charge in [0, 0.05) is 12.8 Å². The zero-order chi connectivity index (χ0) is 55.0. The molecular formula is C70H137NO5. The monoisotopic (exact) mass is 1070 g/mol. The van der Waals surface area contributed by atoms with Gasteiger partial charge in [-0.25, -0.2) is 0 Å². The van der Waals surface area contributed by atoms with Crippen LogP contribution < -0.4 is 5.32 Å². The van der Waals surface area contributed by atoms with Crippen LogP contribution in [-0.4, -0.2) is 47.4 Å². The first-order chi connectivity index (χ1) is 37.5. The van der Waals surface area contributed by atoms with Gasteiger partial charge >= 0.3 is 5.97 Å². The summed E-state index contributed by atoms with van der Waals surface area (Å²) in [5.41, 5.74) is 0.